The number of halogens is 1. The molecule has 1 atom stereocenters. The van der Waals surface area contributed by atoms with Crippen LogP contribution in [0, 0.1) is 12.7 Å². The molecule has 104 valence electrons. The normalized spacial score (nSPS) is 11.9. The van der Waals surface area contributed by atoms with Gasteiger partial charge in [-0.2, -0.15) is 0 Å². The Morgan fingerprint density at radius 1 is 1.25 bits per heavy atom. The summed E-state index contributed by atoms with van der Waals surface area (Å²) in [6.07, 6.45) is 0.445. The molecule has 20 heavy (non-hydrogen) atoms. The van der Waals surface area contributed by atoms with Gasteiger partial charge in [0.1, 0.15) is 5.82 Å². The average molecular weight is 272 g/mol. The number of anilines is 1. The van der Waals surface area contributed by atoms with E-state index >= 15 is 0 Å². The van der Waals surface area contributed by atoms with Crippen LogP contribution in [0.1, 0.15) is 11.1 Å². The zero-order valence-corrected chi connectivity index (χ0v) is 11.3. The Bertz CT molecular complexity index is 599. The van der Waals surface area contributed by atoms with Gasteiger partial charge in [-0.15, -0.1) is 0 Å². The van der Waals surface area contributed by atoms with Crippen molar-refractivity contribution < 1.29 is 9.18 Å². The van der Waals surface area contributed by atoms with Crippen molar-refractivity contribution in [3.8, 4) is 0 Å². The maximum Gasteiger partial charge on any atom is 0.241 e. The molecule has 2 rings (SSSR count). The molecular weight excluding hydrogens is 255 g/mol. The van der Waals surface area contributed by atoms with Crippen molar-refractivity contribution >= 4 is 11.6 Å². The van der Waals surface area contributed by atoms with Gasteiger partial charge < -0.3 is 11.1 Å². The van der Waals surface area contributed by atoms with Crippen LogP contribution >= 0.6 is 0 Å². The van der Waals surface area contributed by atoms with E-state index in [9.17, 15) is 9.18 Å². The van der Waals surface area contributed by atoms with E-state index in [2.05, 4.69) is 5.32 Å². The van der Waals surface area contributed by atoms with Crippen LogP contribution in [0.15, 0.2) is 48.5 Å². The van der Waals surface area contributed by atoms with Crippen LogP contribution in [0.3, 0.4) is 0 Å². The molecule has 0 radical (unpaired) electrons. The summed E-state index contributed by atoms with van der Waals surface area (Å²) < 4.78 is 13.2. The van der Waals surface area contributed by atoms with Gasteiger partial charge in [-0.05, 0) is 36.6 Å². The summed E-state index contributed by atoms with van der Waals surface area (Å²) in [5, 5.41) is 2.67. The molecule has 2 aromatic carbocycles. The van der Waals surface area contributed by atoms with E-state index in [4.69, 9.17) is 5.73 Å². The molecule has 0 saturated carbocycles. The lowest BCUT2D eigenvalue weighted by Crippen LogP contribution is -2.37. The van der Waals surface area contributed by atoms with Crippen molar-refractivity contribution in [2.24, 2.45) is 5.73 Å². The van der Waals surface area contributed by atoms with Gasteiger partial charge in [0.15, 0.2) is 0 Å². The number of nitrogens with two attached hydrogens (primary N) is 1. The standard InChI is InChI=1S/C16H17FN2O/c1-11-7-8-13(17)10-15(11)19-16(20)14(18)9-12-5-3-2-4-6-12/h2-8,10,14H,9,18H2,1H3,(H,19,20)/t14-/m0/s1. The molecule has 0 saturated heterocycles. The summed E-state index contributed by atoms with van der Waals surface area (Å²) in [6, 6.07) is 13.1. The predicted octanol–water partition coefficient (Wildman–Crippen LogP) is 2.64. The Labute approximate surface area is 117 Å². The van der Waals surface area contributed by atoms with E-state index < -0.39 is 6.04 Å². The Morgan fingerprint density at radius 3 is 2.65 bits per heavy atom. The Balaban J connectivity index is 2.02. The van der Waals surface area contributed by atoms with E-state index in [0.717, 1.165) is 11.1 Å². The number of hydrogen-bond donors (Lipinski definition) is 2. The molecule has 3 N–H and O–H groups in total. The molecule has 1 amide bonds. The molecule has 0 bridgehead atoms. The van der Waals surface area contributed by atoms with Gasteiger partial charge in [-0.25, -0.2) is 4.39 Å². The highest BCUT2D eigenvalue weighted by atomic mass is 19.1. The fraction of sp³-hybridized carbons (Fsp3) is 0.188. The van der Waals surface area contributed by atoms with Gasteiger partial charge in [0.2, 0.25) is 5.91 Å². The lowest BCUT2D eigenvalue weighted by atomic mass is 10.1. The molecule has 4 heteroatoms. The number of benzene rings is 2. The van der Waals surface area contributed by atoms with Crippen molar-refractivity contribution in [3.63, 3.8) is 0 Å². The molecule has 0 aromatic heterocycles. The van der Waals surface area contributed by atoms with E-state index in [1.807, 2.05) is 30.3 Å². The second-order valence-corrected chi connectivity index (χ2v) is 4.74. The number of aryl methyl sites for hydroxylation is 1. The lowest BCUT2D eigenvalue weighted by Gasteiger charge is -2.14. The molecule has 2 aromatic rings. The number of hydrogen-bond acceptors (Lipinski definition) is 2. The number of carbonyl (C=O) groups is 1. The van der Waals surface area contributed by atoms with E-state index in [-0.39, 0.29) is 11.7 Å². The van der Waals surface area contributed by atoms with Gasteiger partial charge >= 0.3 is 0 Å². The number of rotatable bonds is 4. The summed E-state index contributed by atoms with van der Waals surface area (Å²) >= 11 is 0. The first-order chi connectivity index (χ1) is 9.56. The summed E-state index contributed by atoms with van der Waals surface area (Å²) in [7, 11) is 0. The van der Waals surface area contributed by atoms with Crippen molar-refractivity contribution in [1.82, 2.24) is 0 Å². The van der Waals surface area contributed by atoms with Gasteiger partial charge in [0, 0.05) is 5.69 Å². The third-order valence-corrected chi connectivity index (χ3v) is 3.09. The third kappa shape index (κ3) is 3.65. The molecule has 3 nitrogen and oxygen atoms in total. The first-order valence-corrected chi connectivity index (χ1v) is 6.43. The molecule has 0 fully saturated rings. The topological polar surface area (TPSA) is 55.1 Å². The van der Waals surface area contributed by atoms with Crippen LogP contribution < -0.4 is 11.1 Å². The van der Waals surface area contributed by atoms with Gasteiger partial charge in [-0.1, -0.05) is 36.4 Å². The molecule has 0 aliphatic rings. The number of amides is 1. The number of carbonyl (C=O) groups excluding carboxylic acids is 1. The van der Waals surface area contributed by atoms with E-state index in [0.29, 0.717) is 12.1 Å². The Kier molecular flexibility index (Phi) is 4.48. The molecular formula is C16H17FN2O. The van der Waals surface area contributed by atoms with Crippen LogP contribution in [-0.2, 0) is 11.2 Å². The molecule has 0 heterocycles. The summed E-state index contributed by atoms with van der Waals surface area (Å²) in [4.78, 5) is 12.0. The van der Waals surface area contributed by atoms with Crippen molar-refractivity contribution in [2.75, 3.05) is 5.32 Å². The molecule has 0 unspecified atom stereocenters. The fourth-order valence-corrected chi connectivity index (χ4v) is 1.92. The van der Waals surface area contributed by atoms with Gasteiger partial charge in [0.05, 0.1) is 6.04 Å². The van der Waals surface area contributed by atoms with Crippen molar-refractivity contribution in [3.05, 3.63) is 65.5 Å². The smallest absolute Gasteiger partial charge is 0.241 e. The molecule has 0 aliphatic heterocycles. The maximum absolute atomic E-state index is 13.2. The fourth-order valence-electron chi connectivity index (χ4n) is 1.92. The largest absolute Gasteiger partial charge is 0.324 e. The molecule has 0 spiro atoms. The third-order valence-electron chi connectivity index (χ3n) is 3.09. The van der Waals surface area contributed by atoms with Gasteiger partial charge in [-0.3, -0.25) is 4.79 Å². The molecule has 0 aliphatic carbocycles. The predicted molar refractivity (Wildman–Crippen MR) is 77.9 cm³/mol. The first kappa shape index (κ1) is 14.2. The minimum atomic E-state index is -0.667. The van der Waals surface area contributed by atoms with Crippen LogP contribution in [-0.4, -0.2) is 11.9 Å². The summed E-state index contributed by atoms with van der Waals surface area (Å²) in [5.74, 6) is -0.704. The van der Waals surface area contributed by atoms with Crippen LogP contribution in [0.5, 0.6) is 0 Å². The number of nitrogens with one attached hydrogen (secondary N) is 1. The van der Waals surface area contributed by atoms with Crippen LogP contribution in [0.25, 0.3) is 0 Å². The highest BCUT2D eigenvalue weighted by molar-refractivity contribution is 5.95. The second kappa shape index (κ2) is 6.30. The highest BCUT2D eigenvalue weighted by Gasteiger charge is 2.15. The maximum atomic E-state index is 13.2. The Hall–Kier alpha value is -2.20. The minimum absolute atomic E-state index is 0.317. The monoisotopic (exact) mass is 272 g/mol. The zero-order valence-electron chi connectivity index (χ0n) is 11.3. The van der Waals surface area contributed by atoms with Gasteiger partial charge in [0.25, 0.3) is 0 Å². The lowest BCUT2D eigenvalue weighted by molar-refractivity contribution is -0.117. The van der Waals surface area contributed by atoms with Crippen molar-refractivity contribution in [2.45, 2.75) is 19.4 Å². The summed E-state index contributed by atoms with van der Waals surface area (Å²) in [5.41, 5.74) is 8.13. The van der Waals surface area contributed by atoms with Crippen LogP contribution in [0.2, 0.25) is 0 Å². The highest BCUT2D eigenvalue weighted by Crippen LogP contribution is 2.16. The first-order valence-electron chi connectivity index (χ1n) is 6.43. The van der Waals surface area contributed by atoms with E-state index in [1.54, 1.807) is 13.0 Å². The average Bonchev–Trinajstić information content (AvgIpc) is 2.44. The quantitative estimate of drug-likeness (QED) is 0.899. The van der Waals surface area contributed by atoms with Crippen LogP contribution in [0.4, 0.5) is 10.1 Å². The van der Waals surface area contributed by atoms with E-state index in [1.165, 1.54) is 12.1 Å². The SMILES string of the molecule is Cc1ccc(F)cc1NC(=O)[C@@H](N)Cc1ccccc1. The zero-order chi connectivity index (χ0) is 14.5. The minimum Gasteiger partial charge on any atom is -0.324 e. The summed E-state index contributed by atoms with van der Waals surface area (Å²) in [6.45, 7) is 1.80. The second-order valence-electron chi connectivity index (χ2n) is 4.74. The Morgan fingerprint density at radius 2 is 1.95 bits per heavy atom. The van der Waals surface area contributed by atoms with Crippen molar-refractivity contribution in [1.29, 1.82) is 0 Å².